The summed E-state index contributed by atoms with van der Waals surface area (Å²) in [6.45, 7) is 4.10. The minimum absolute atomic E-state index is 0.257. The number of benzene rings is 1. The zero-order valence-corrected chi connectivity index (χ0v) is 14.0. The number of rotatable bonds is 5. The summed E-state index contributed by atoms with van der Waals surface area (Å²) in [6.07, 6.45) is 5.44. The first kappa shape index (κ1) is 16.8. The monoisotopic (exact) mass is 339 g/mol. The Morgan fingerprint density at radius 3 is 2.76 bits per heavy atom. The van der Waals surface area contributed by atoms with Crippen LogP contribution in [0.1, 0.15) is 27.4 Å². The lowest BCUT2D eigenvalue weighted by molar-refractivity contribution is 0.0954. The molecule has 3 aromatic rings. The van der Waals surface area contributed by atoms with Crippen LogP contribution in [0.5, 0.6) is 0 Å². The number of halogens is 1. The molecule has 0 bridgehead atoms. The van der Waals surface area contributed by atoms with Crippen LogP contribution in [0.15, 0.2) is 42.9 Å². The van der Waals surface area contributed by atoms with E-state index in [1.54, 1.807) is 18.6 Å². The summed E-state index contributed by atoms with van der Waals surface area (Å²) in [5.74, 6) is -0.700. The van der Waals surface area contributed by atoms with Gasteiger partial charge in [0.25, 0.3) is 5.91 Å². The second-order valence-corrected chi connectivity index (χ2v) is 5.71. The van der Waals surface area contributed by atoms with Crippen LogP contribution in [0.4, 0.5) is 4.39 Å². The van der Waals surface area contributed by atoms with E-state index in [2.05, 4.69) is 20.4 Å². The molecule has 1 aromatic carbocycles. The van der Waals surface area contributed by atoms with E-state index in [9.17, 15) is 9.18 Å². The SMILES string of the molecule is Cc1cc(C)n(-c2cc(C(=O)NCCc3cnccn3)ccc2F)n1. The summed E-state index contributed by atoms with van der Waals surface area (Å²) in [4.78, 5) is 20.5. The van der Waals surface area contributed by atoms with Gasteiger partial charge in [0.2, 0.25) is 0 Å². The average molecular weight is 339 g/mol. The van der Waals surface area contributed by atoms with Crippen molar-refractivity contribution in [1.29, 1.82) is 0 Å². The van der Waals surface area contributed by atoms with Gasteiger partial charge < -0.3 is 5.32 Å². The van der Waals surface area contributed by atoms with E-state index in [1.165, 1.54) is 22.9 Å². The van der Waals surface area contributed by atoms with Crippen molar-refractivity contribution in [2.75, 3.05) is 6.54 Å². The number of hydrogen-bond acceptors (Lipinski definition) is 4. The lowest BCUT2D eigenvalue weighted by Gasteiger charge is -2.09. The van der Waals surface area contributed by atoms with Crippen molar-refractivity contribution >= 4 is 5.91 Å². The first-order valence-electron chi connectivity index (χ1n) is 7.91. The Kier molecular flexibility index (Phi) is 4.83. The van der Waals surface area contributed by atoms with Crippen molar-refractivity contribution in [3.05, 3.63) is 71.3 Å². The summed E-state index contributed by atoms with van der Waals surface area (Å²) in [7, 11) is 0. The van der Waals surface area contributed by atoms with Gasteiger partial charge in [-0.05, 0) is 38.1 Å². The van der Waals surface area contributed by atoms with E-state index in [-0.39, 0.29) is 11.6 Å². The number of hydrogen-bond donors (Lipinski definition) is 1. The quantitative estimate of drug-likeness (QED) is 0.775. The summed E-state index contributed by atoms with van der Waals surface area (Å²) in [5.41, 5.74) is 3.02. The first-order valence-corrected chi connectivity index (χ1v) is 7.91. The zero-order chi connectivity index (χ0) is 17.8. The third-order valence-corrected chi connectivity index (χ3v) is 3.73. The molecule has 2 aromatic heterocycles. The topological polar surface area (TPSA) is 72.7 Å². The molecule has 0 atom stereocenters. The molecule has 3 rings (SSSR count). The molecule has 0 saturated carbocycles. The highest BCUT2D eigenvalue weighted by Gasteiger charge is 2.13. The fourth-order valence-electron chi connectivity index (χ4n) is 2.55. The van der Waals surface area contributed by atoms with Crippen molar-refractivity contribution in [1.82, 2.24) is 25.1 Å². The minimum Gasteiger partial charge on any atom is -0.352 e. The molecule has 0 saturated heterocycles. The van der Waals surface area contributed by atoms with Gasteiger partial charge in [-0.3, -0.25) is 14.8 Å². The van der Waals surface area contributed by atoms with Crippen LogP contribution in [-0.2, 0) is 6.42 Å². The molecule has 1 amide bonds. The van der Waals surface area contributed by atoms with Crippen molar-refractivity contribution in [2.24, 2.45) is 0 Å². The van der Waals surface area contributed by atoms with Gasteiger partial charge in [-0.25, -0.2) is 9.07 Å². The van der Waals surface area contributed by atoms with Gasteiger partial charge in [-0.2, -0.15) is 5.10 Å². The lowest BCUT2D eigenvalue weighted by atomic mass is 10.1. The van der Waals surface area contributed by atoms with Crippen LogP contribution in [0, 0.1) is 19.7 Å². The van der Waals surface area contributed by atoms with Crippen molar-refractivity contribution in [3.8, 4) is 5.69 Å². The molecule has 0 fully saturated rings. The highest BCUT2D eigenvalue weighted by molar-refractivity contribution is 5.94. The molecule has 0 unspecified atom stereocenters. The number of nitrogens with one attached hydrogen (secondary N) is 1. The maximum absolute atomic E-state index is 14.2. The van der Waals surface area contributed by atoms with E-state index in [1.807, 2.05) is 19.9 Å². The normalized spacial score (nSPS) is 10.7. The van der Waals surface area contributed by atoms with E-state index in [0.29, 0.717) is 18.5 Å². The van der Waals surface area contributed by atoms with Gasteiger partial charge in [-0.15, -0.1) is 0 Å². The van der Waals surface area contributed by atoms with E-state index in [4.69, 9.17) is 0 Å². The van der Waals surface area contributed by atoms with Crippen LogP contribution in [0.3, 0.4) is 0 Å². The molecule has 2 heterocycles. The molecule has 0 aliphatic rings. The third kappa shape index (κ3) is 3.88. The highest BCUT2D eigenvalue weighted by Crippen LogP contribution is 2.18. The molecule has 6 nitrogen and oxygen atoms in total. The van der Waals surface area contributed by atoms with Gasteiger partial charge in [-0.1, -0.05) is 0 Å². The standard InChI is InChI=1S/C18H18FN5O/c1-12-9-13(2)24(23-12)17-10-14(3-4-16(17)19)18(25)22-6-5-15-11-20-7-8-21-15/h3-4,7-11H,5-6H2,1-2H3,(H,22,25). The molecule has 0 aliphatic heterocycles. The van der Waals surface area contributed by atoms with Crippen LogP contribution in [0.25, 0.3) is 5.69 Å². The Bertz CT molecular complexity index is 892. The number of aryl methyl sites for hydroxylation is 2. The van der Waals surface area contributed by atoms with Gasteiger partial charge in [0, 0.05) is 42.8 Å². The Balaban J connectivity index is 1.73. The Morgan fingerprint density at radius 1 is 1.24 bits per heavy atom. The van der Waals surface area contributed by atoms with E-state index >= 15 is 0 Å². The summed E-state index contributed by atoms with van der Waals surface area (Å²) >= 11 is 0. The van der Waals surface area contributed by atoms with Crippen LogP contribution in [0.2, 0.25) is 0 Å². The molecule has 128 valence electrons. The summed E-state index contributed by atoms with van der Waals surface area (Å²) < 4.78 is 15.7. The van der Waals surface area contributed by atoms with Crippen molar-refractivity contribution < 1.29 is 9.18 Å². The predicted molar refractivity (Wildman–Crippen MR) is 91.1 cm³/mol. The number of carbonyl (C=O) groups excluding carboxylic acids is 1. The van der Waals surface area contributed by atoms with Gasteiger partial charge in [0.1, 0.15) is 11.5 Å². The van der Waals surface area contributed by atoms with Crippen LogP contribution < -0.4 is 5.32 Å². The molecule has 0 radical (unpaired) electrons. The minimum atomic E-state index is -0.428. The molecule has 0 spiro atoms. The Morgan fingerprint density at radius 2 is 2.08 bits per heavy atom. The third-order valence-electron chi connectivity index (χ3n) is 3.73. The van der Waals surface area contributed by atoms with Gasteiger partial charge in [0.05, 0.1) is 11.4 Å². The number of carbonyl (C=O) groups is 1. The van der Waals surface area contributed by atoms with Crippen LogP contribution >= 0.6 is 0 Å². The van der Waals surface area contributed by atoms with E-state index in [0.717, 1.165) is 17.1 Å². The van der Waals surface area contributed by atoms with Gasteiger partial charge in [0.15, 0.2) is 0 Å². The molecular weight excluding hydrogens is 321 g/mol. The maximum Gasteiger partial charge on any atom is 0.251 e. The summed E-state index contributed by atoms with van der Waals surface area (Å²) in [6, 6.07) is 6.10. The smallest absolute Gasteiger partial charge is 0.251 e. The molecule has 7 heteroatoms. The molecule has 0 aliphatic carbocycles. The molecule has 1 N–H and O–H groups in total. The van der Waals surface area contributed by atoms with Crippen molar-refractivity contribution in [2.45, 2.75) is 20.3 Å². The van der Waals surface area contributed by atoms with E-state index < -0.39 is 5.82 Å². The molecular formula is C18H18FN5O. The fraction of sp³-hybridized carbons (Fsp3) is 0.222. The number of amides is 1. The Labute approximate surface area is 144 Å². The van der Waals surface area contributed by atoms with Gasteiger partial charge >= 0.3 is 0 Å². The van der Waals surface area contributed by atoms with Crippen molar-refractivity contribution in [3.63, 3.8) is 0 Å². The molecule has 25 heavy (non-hydrogen) atoms. The Hall–Kier alpha value is -3.09. The highest BCUT2D eigenvalue weighted by atomic mass is 19.1. The maximum atomic E-state index is 14.2. The lowest BCUT2D eigenvalue weighted by Crippen LogP contribution is -2.26. The second kappa shape index (κ2) is 7.21. The number of nitrogens with zero attached hydrogens (tertiary/aromatic N) is 4. The number of aromatic nitrogens is 4. The zero-order valence-electron chi connectivity index (χ0n) is 14.0. The average Bonchev–Trinajstić information content (AvgIpc) is 2.94. The summed E-state index contributed by atoms with van der Waals surface area (Å²) in [5, 5.41) is 7.08. The largest absolute Gasteiger partial charge is 0.352 e. The second-order valence-electron chi connectivity index (χ2n) is 5.71. The van der Waals surface area contributed by atoms with Crippen LogP contribution in [-0.4, -0.2) is 32.2 Å². The predicted octanol–water partition coefficient (Wildman–Crippen LogP) is 2.39. The fourth-order valence-corrected chi connectivity index (χ4v) is 2.55. The first-order chi connectivity index (χ1) is 12.0.